The number of aryl methyl sites for hydroxylation is 1. The van der Waals surface area contributed by atoms with E-state index in [0.717, 1.165) is 29.0 Å². The fraction of sp³-hybridized carbons (Fsp3) is 0.375. The number of nitrogens with zero attached hydrogens (tertiary/aromatic N) is 2. The number of anilines is 2. The largest absolute Gasteiger partial charge is 0.363 e. The lowest BCUT2D eigenvalue weighted by atomic mass is 10.1. The second-order valence-electron chi connectivity index (χ2n) is 5.06. The summed E-state index contributed by atoms with van der Waals surface area (Å²) in [5.41, 5.74) is 2.17. The minimum absolute atomic E-state index is 0.187. The maximum absolute atomic E-state index is 4.51. The summed E-state index contributed by atoms with van der Waals surface area (Å²) >= 11 is 3.46. The van der Waals surface area contributed by atoms with Gasteiger partial charge in [-0.3, -0.25) is 0 Å². The van der Waals surface area contributed by atoms with Crippen LogP contribution in [0, 0.1) is 6.92 Å². The zero-order valence-electron chi connectivity index (χ0n) is 12.7. The third-order valence-electron chi connectivity index (χ3n) is 3.12. The number of rotatable bonds is 6. The SMILES string of the molecule is CCCNc1nc(C)cc(NC(C)c2ccc(Br)cc2)n1. The van der Waals surface area contributed by atoms with Crippen LogP contribution in [0.15, 0.2) is 34.8 Å². The Morgan fingerprint density at radius 3 is 2.57 bits per heavy atom. The summed E-state index contributed by atoms with van der Waals surface area (Å²) in [6.45, 7) is 7.11. The molecule has 1 unspecified atom stereocenters. The van der Waals surface area contributed by atoms with E-state index in [-0.39, 0.29) is 6.04 Å². The van der Waals surface area contributed by atoms with Gasteiger partial charge in [-0.1, -0.05) is 35.0 Å². The Morgan fingerprint density at radius 2 is 1.90 bits per heavy atom. The van der Waals surface area contributed by atoms with Crippen molar-refractivity contribution >= 4 is 27.7 Å². The Balaban J connectivity index is 2.10. The van der Waals surface area contributed by atoms with Gasteiger partial charge in [0.25, 0.3) is 0 Å². The molecule has 4 nitrogen and oxygen atoms in total. The molecule has 0 radical (unpaired) electrons. The molecule has 0 spiro atoms. The van der Waals surface area contributed by atoms with Crippen LogP contribution in [0.4, 0.5) is 11.8 Å². The second-order valence-corrected chi connectivity index (χ2v) is 5.98. The van der Waals surface area contributed by atoms with Gasteiger partial charge in [0.05, 0.1) is 0 Å². The van der Waals surface area contributed by atoms with E-state index in [9.17, 15) is 0 Å². The molecule has 2 aromatic rings. The molecule has 0 amide bonds. The summed E-state index contributed by atoms with van der Waals surface area (Å²) in [4.78, 5) is 8.91. The first-order valence-corrected chi connectivity index (χ1v) is 7.99. The fourth-order valence-electron chi connectivity index (χ4n) is 2.01. The highest BCUT2D eigenvalue weighted by Gasteiger charge is 2.08. The number of nitrogens with one attached hydrogen (secondary N) is 2. The molecule has 5 heteroatoms. The highest BCUT2D eigenvalue weighted by atomic mass is 79.9. The number of hydrogen-bond acceptors (Lipinski definition) is 4. The molecule has 0 aliphatic carbocycles. The van der Waals surface area contributed by atoms with E-state index in [1.165, 1.54) is 5.56 Å². The molecule has 1 heterocycles. The molecule has 21 heavy (non-hydrogen) atoms. The number of halogens is 1. The number of benzene rings is 1. The van der Waals surface area contributed by atoms with Crippen LogP contribution in [0.5, 0.6) is 0 Å². The van der Waals surface area contributed by atoms with Crippen molar-refractivity contribution in [1.82, 2.24) is 9.97 Å². The Hall–Kier alpha value is -1.62. The van der Waals surface area contributed by atoms with E-state index in [4.69, 9.17) is 0 Å². The van der Waals surface area contributed by atoms with Crippen LogP contribution < -0.4 is 10.6 Å². The molecule has 2 rings (SSSR count). The Morgan fingerprint density at radius 1 is 1.19 bits per heavy atom. The normalized spacial score (nSPS) is 12.0. The van der Waals surface area contributed by atoms with Crippen molar-refractivity contribution in [3.8, 4) is 0 Å². The molecule has 1 aromatic heterocycles. The van der Waals surface area contributed by atoms with Gasteiger partial charge in [-0.05, 0) is 38.0 Å². The van der Waals surface area contributed by atoms with Gasteiger partial charge < -0.3 is 10.6 Å². The van der Waals surface area contributed by atoms with Gasteiger partial charge in [0.15, 0.2) is 0 Å². The Labute approximate surface area is 134 Å². The van der Waals surface area contributed by atoms with E-state index >= 15 is 0 Å². The lowest BCUT2D eigenvalue weighted by molar-refractivity contribution is 0.867. The lowest BCUT2D eigenvalue weighted by Gasteiger charge is -2.16. The molecule has 112 valence electrons. The first kappa shape index (κ1) is 15.8. The fourth-order valence-corrected chi connectivity index (χ4v) is 2.28. The Kier molecular flexibility index (Phi) is 5.56. The second kappa shape index (κ2) is 7.41. The summed E-state index contributed by atoms with van der Waals surface area (Å²) in [5, 5.41) is 6.66. The third-order valence-corrected chi connectivity index (χ3v) is 3.65. The number of hydrogen-bond donors (Lipinski definition) is 2. The van der Waals surface area contributed by atoms with Crippen molar-refractivity contribution in [3.05, 3.63) is 46.1 Å². The maximum atomic E-state index is 4.51. The number of aromatic nitrogens is 2. The molecule has 0 saturated carbocycles. The van der Waals surface area contributed by atoms with Crippen molar-refractivity contribution < 1.29 is 0 Å². The zero-order valence-corrected chi connectivity index (χ0v) is 14.2. The minimum Gasteiger partial charge on any atom is -0.363 e. The van der Waals surface area contributed by atoms with Crippen molar-refractivity contribution in [2.75, 3.05) is 17.2 Å². The molecule has 0 bridgehead atoms. The van der Waals surface area contributed by atoms with Crippen molar-refractivity contribution in [3.63, 3.8) is 0 Å². The van der Waals surface area contributed by atoms with Gasteiger partial charge >= 0.3 is 0 Å². The van der Waals surface area contributed by atoms with E-state index in [1.54, 1.807) is 0 Å². The molecular weight excluding hydrogens is 328 g/mol. The highest BCUT2D eigenvalue weighted by Crippen LogP contribution is 2.21. The predicted octanol–water partition coefficient (Wildman–Crippen LogP) is 4.54. The predicted molar refractivity (Wildman–Crippen MR) is 91.7 cm³/mol. The topological polar surface area (TPSA) is 49.8 Å². The molecule has 2 N–H and O–H groups in total. The molecule has 1 atom stereocenters. The Bertz CT molecular complexity index is 583. The van der Waals surface area contributed by atoms with Gasteiger partial charge in [0.2, 0.25) is 5.95 Å². The molecule has 0 saturated heterocycles. The van der Waals surface area contributed by atoms with Crippen LogP contribution in [0.3, 0.4) is 0 Å². The summed E-state index contributed by atoms with van der Waals surface area (Å²) in [6, 6.07) is 10.5. The van der Waals surface area contributed by atoms with Gasteiger partial charge in [-0.15, -0.1) is 0 Å². The van der Waals surface area contributed by atoms with E-state index in [0.29, 0.717) is 5.95 Å². The molecule has 0 aliphatic rings. The molecule has 0 fully saturated rings. The zero-order chi connectivity index (χ0) is 15.2. The summed E-state index contributed by atoms with van der Waals surface area (Å²) in [7, 11) is 0. The highest BCUT2D eigenvalue weighted by molar-refractivity contribution is 9.10. The van der Waals surface area contributed by atoms with Crippen LogP contribution in [0.1, 0.15) is 37.6 Å². The summed E-state index contributed by atoms with van der Waals surface area (Å²) < 4.78 is 1.09. The van der Waals surface area contributed by atoms with Crippen molar-refractivity contribution in [1.29, 1.82) is 0 Å². The van der Waals surface area contributed by atoms with Crippen LogP contribution >= 0.6 is 15.9 Å². The molecule has 0 aliphatic heterocycles. The average Bonchev–Trinajstić information content (AvgIpc) is 2.45. The van der Waals surface area contributed by atoms with Crippen LogP contribution in [0.25, 0.3) is 0 Å². The van der Waals surface area contributed by atoms with Crippen LogP contribution in [-0.4, -0.2) is 16.5 Å². The van der Waals surface area contributed by atoms with Crippen molar-refractivity contribution in [2.24, 2.45) is 0 Å². The molecule has 1 aromatic carbocycles. The average molecular weight is 349 g/mol. The van der Waals surface area contributed by atoms with Gasteiger partial charge in [-0.2, -0.15) is 4.98 Å². The van der Waals surface area contributed by atoms with Gasteiger partial charge in [-0.25, -0.2) is 4.98 Å². The van der Waals surface area contributed by atoms with E-state index in [2.05, 4.69) is 62.5 Å². The monoisotopic (exact) mass is 348 g/mol. The smallest absolute Gasteiger partial charge is 0.224 e. The van der Waals surface area contributed by atoms with Crippen molar-refractivity contribution in [2.45, 2.75) is 33.2 Å². The summed E-state index contributed by atoms with van der Waals surface area (Å²) in [5.74, 6) is 1.53. The van der Waals surface area contributed by atoms with Crippen LogP contribution in [0.2, 0.25) is 0 Å². The van der Waals surface area contributed by atoms with E-state index in [1.807, 2.05) is 25.1 Å². The van der Waals surface area contributed by atoms with Gasteiger partial charge in [0, 0.05) is 28.8 Å². The molecular formula is C16H21BrN4. The lowest BCUT2D eigenvalue weighted by Crippen LogP contribution is -2.11. The first-order valence-electron chi connectivity index (χ1n) is 7.20. The standard InChI is InChI=1S/C16H21BrN4/c1-4-9-18-16-19-11(2)10-15(21-16)20-12(3)13-5-7-14(17)8-6-13/h5-8,10,12H,4,9H2,1-3H3,(H2,18,19,20,21). The first-order chi connectivity index (χ1) is 10.1. The summed E-state index contributed by atoms with van der Waals surface area (Å²) in [6.07, 6.45) is 1.05. The maximum Gasteiger partial charge on any atom is 0.224 e. The third kappa shape index (κ3) is 4.70. The van der Waals surface area contributed by atoms with Crippen LogP contribution in [-0.2, 0) is 0 Å². The van der Waals surface area contributed by atoms with Gasteiger partial charge in [0.1, 0.15) is 5.82 Å². The minimum atomic E-state index is 0.187. The quantitative estimate of drug-likeness (QED) is 0.804. The van der Waals surface area contributed by atoms with E-state index < -0.39 is 0 Å².